The number of carbonyl (C=O) groups excluding carboxylic acids is 1. The van der Waals surface area contributed by atoms with Crippen molar-refractivity contribution in [2.24, 2.45) is 5.10 Å². The van der Waals surface area contributed by atoms with Crippen molar-refractivity contribution in [2.45, 2.75) is 0 Å². The van der Waals surface area contributed by atoms with Crippen LogP contribution in [0.3, 0.4) is 0 Å². The average molecular weight is 498 g/mol. The highest BCUT2D eigenvalue weighted by Gasteiger charge is 2.16. The van der Waals surface area contributed by atoms with Gasteiger partial charge in [0.05, 0.1) is 29.6 Å². The number of methoxy groups -OCH3 is 1. The molecule has 0 saturated heterocycles. The van der Waals surface area contributed by atoms with E-state index >= 15 is 0 Å². The van der Waals surface area contributed by atoms with Gasteiger partial charge < -0.3 is 9.47 Å². The number of hydrogen-bond donors (Lipinski definition) is 1. The number of ether oxygens (including phenoxy) is 2. The van der Waals surface area contributed by atoms with Gasteiger partial charge in [-0.05, 0) is 42.0 Å². The van der Waals surface area contributed by atoms with Crippen LogP contribution in [-0.4, -0.2) is 24.3 Å². The van der Waals surface area contributed by atoms with Crippen molar-refractivity contribution in [3.63, 3.8) is 0 Å². The van der Waals surface area contributed by atoms with Crippen LogP contribution >= 0.6 is 34.5 Å². The lowest BCUT2D eigenvalue weighted by atomic mass is 10.2. The van der Waals surface area contributed by atoms with Gasteiger partial charge in [0.1, 0.15) is 0 Å². The van der Waals surface area contributed by atoms with Crippen LogP contribution in [0.4, 0.5) is 5.13 Å². The van der Waals surface area contributed by atoms with Crippen molar-refractivity contribution in [1.82, 2.24) is 4.98 Å². The fourth-order valence-electron chi connectivity index (χ4n) is 2.89. The molecule has 33 heavy (non-hydrogen) atoms. The highest BCUT2D eigenvalue weighted by Crippen LogP contribution is 2.30. The summed E-state index contributed by atoms with van der Waals surface area (Å²) in [5.74, 6) is 0.0140. The normalized spacial score (nSPS) is 10.9. The number of esters is 1. The third-order valence-corrected chi connectivity index (χ3v) is 5.78. The van der Waals surface area contributed by atoms with E-state index in [9.17, 15) is 4.79 Å². The monoisotopic (exact) mass is 497 g/mol. The highest BCUT2D eigenvalue weighted by molar-refractivity contribution is 7.14. The van der Waals surface area contributed by atoms with Crippen molar-refractivity contribution in [3.05, 3.63) is 93.3 Å². The minimum absolute atomic E-state index is 0.205. The average Bonchev–Trinajstić information content (AvgIpc) is 3.29. The SMILES string of the molecule is COc1cc(/C=N/Nc2nc(-c3ccccc3)cs2)ccc1OC(=O)c1ccc(Cl)cc1Cl. The summed E-state index contributed by atoms with van der Waals surface area (Å²) >= 11 is 13.4. The van der Waals surface area contributed by atoms with Crippen LogP contribution in [0.2, 0.25) is 10.0 Å². The van der Waals surface area contributed by atoms with Crippen LogP contribution < -0.4 is 14.9 Å². The van der Waals surface area contributed by atoms with E-state index in [-0.39, 0.29) is 16.3 Å². The van der Waals surface area contributed by atoms with E-state index < -0.39 is 5.97 Å². The molecule has 166 valence electrons. The van der Waals surface area contributed by atoms with E-state index in [1.165, 1.54) is 30.6 Å². The molecule has 0 aliphatic rings. The van der Waals surface area contributed by atoms with Crippen molar-refractivity contribution in [2.75, 3.05) is 12.5 Å². The lowest BCUT2D eigenvalue weighted by Gasteiger charge is -2.10. The molecule has 0 atom stereocenters. The molecule has 0 amide bonds. The summed E-state index contributed by atoms with van der Waals surface area (Å²) in [7, 11) is 1.49. The fraction of sp³-hybridized carbons (Fsp3) is 0.0417. The Kier molecular flexibility index (Phi) is 7.24. The molecule has 0 spiro atoms. The number of halogens is 2. The fourth-order valence-corrected chi connectivity index (χ4v) is 4.04. The first-order valence-electron chi connectivity index (χ1n) is 9.69. The Hall–Kier alpha value is -3.39. The lowest BCUT2D eigenvalue weighted by molar-refractivity contribution is 0.0730. The second-order valence-electron chi connectivity index (χ2n) is 6.70. The molecule has 9 heteroatoms. The Morgan fingerprint density at radius 2 is 1.88 bits per heavy atom. The smallest absolute Gasteiger partial charge is 0.345 e. The summed E-state index contributed by atoms with van der Waals surface area (Å²) < 4.78 is 10.8. The van der Waals surface area contributed by atoms with Gasteiger partial charge >= 0.3 is 5.97 Å². The van der Waals surface area contributed by atoms with Gasteiger partial charge in [0.15, 0.2) is 11.5 Å². The number of benzene rings is 3. The number of rotatable bonds is 7. The molecule has 1 N–H and O–H groups in total. The number of nitrogens with one attached hydrogen (secondary N) is 1. The number of thiazole rings is 1. The quantitative estimate of drug-likeness (QED) is 0.131. The first-order chi connectivity index (χ1) is 16.0. The zero-order valence-electron chi connectivity index (χ0n) is 17.3. The van der Waals surface area contributed by atoms with Gasteiger partial charge in [-0.1, -0.05) is 53.5 Å². The van der Waals surface area contributed by atoms with Gasteiger partial charge in [-0.2, -0.15) is 5.10 Å². The Morgan fingerprint density at radius 1 is 1.06 bits per heavy atom. The minimum Gasteiger partial charge on any atom is -0.493 e. The van der Waals surface area contributed by atoms with E-state index in [0.717, 1.165) is 16.8 Å². The largest absolute Gasteiger partial charge is 0.493 e. The minimum atomic E-state index is -0.615. The Bertz CT molecular complexity index is 1310. The molecule has 4 aromatic rings. The summed E-state index contributed by atoms with van der Waals surface area (Å²) in [6, 6.07) is 19.5. The number of anilines is 1. The molecule has 0 aliphatic carbocycles. The summed E-state index contributed by atoms with van der Waals surface area (Å²) in [5.41, 5.74) is 5.79. The number of hydrogen-bond acceptors (Lipinski definition) is 7. The van der Waals surface area contributed by atoms with Crippen molar-refractivity contribution >= 4 is 51.9 Å². The van der Waals surface area contributed by atoms with Gasteiger partial charge in [0, 0.05) is 16.0 Å². The van der Waals surface area contributed by atoms with Gasteiger partial charge in [0.2, 0.25) is 5.13 Å². The zero-order chi connectivity index (χ0) is 23.2. The number of nitrogens with zero attached hydrogens (tertiary/aromatic N) is 2. The second kappa shape index (κ2) is 10.5. The molecule has 6 nitrogen and oxygen atoms in total. The Balaban J connectivity index is 1.43. The van der Waals surface area contributed by atoms with E-state index in [1.54, 1.807) is 30.5 Å². The maximum Gasteiger partial charge on any atom is 0.345 e. The van der Waals surface area contributed by atoms with Crippen LogP contribution in [0.15, 0.2) is 77.2 Å². The molecular formula is C24H17Cl2N3O3S. The summed E-state index contributed by atoms with van der Waals surface area (Å²) in [4.78, 5) is 17.0. The van der Waals surface area contributed by atoms with Crippen LogP contribution in [0.5, 0.6) is 11.5 Å². The van der Waals surface area contributed by atoms with Crippen molar-refractivity contribution < 1.29 is 14.3 Å². The molecule has 0 unspecified atom stereocenters. The van der Waals surface area contributed by atoms with Crippen LogP contribution in [0.25, 0.3) is 11.3 Å². The maximum atomic E-state index is 12.5. The van der Waals surface area contributed by atoms with E-state index in [0.29, 0.717) is 15.9 Å². The predicted octanol–water partition coefficient (Wildman–Crippen LogP) is 6.79. The van der Waals surface area contributed by atoms with E-state index in [4.69, 9.17) is 32.7 Å². The van der Waals surface area contributed by atoms with Crippen molar-refractivity contribution in [3.8, 4) is 22.8 Å². The molecule has 1 heterocycles. The first kappa shape index (κ1) is 22.8. The molecule has 0 saturated carbocycles. The summed E-state index contributed by atoms with van der Waals surface area (Å²) in [6.07, 6.45) is 1.62. The van der Waals surface area contributed by atoms with Crippen LogP contribution in [-0.2, 0) is 0 Å². The predicted molar refractivity (Wildman–Crippen MR) is 133 cm³/mol. The lowest BCUT2D eigenvalue weighted by Crippen LogP contribution is -2.10. The van der Waals surface area contributed by atoms with Crippen LogP contribution in [0.1, 0.15) is 15.9 Å². The van der Waals surface area contributed by atoms with E-state index in [2.05, 4.69) is 15.5 Å². The molecule has 0 radical (unpaired) electrons. The van der Waals surface area contributed by atoms with Gasteiger partial charge in [-0.25, -0.2) is 9.78 Å². The number of carbonyl (C=O) groups is 1. The standard InChI is InChI=1S/C24H17Cl2N3O3S/c1-31-22-11-15(7-10-21(22)32-23(30)18-9-8-17(25)12-19(18)26)13-27-29-24-28-20(14-33-24)16-5-3-2-4-6-16/h2-14H,1H3,(H,28,29)/b27-13+. The molecule has 3 aromatic carbocycles. The van der Waals surface area contributed by atoms with Gasteiger partial charge in [-0.3, -0.25) is 5.43 Å². The van der Waals surface area contributed by atoms with Gasteiger partial charge in [-0.15, -0.1) is 11.3 Å². The summed E-state index contributed by atoms with van der Waals surface area (Å²) in [5, 5.41) is 7.50. The molecule has 4 rings (SSSR count). The van der Waals surface area contributed by atoms with Crippen molar-refractivity contribution in [1.29, 1.82) is 0 Å². The molecular weight excluding hydrogens is 481 g/mol. The zero-order valence-corrected chi connectivity index (χ0v) is 19.6. The first-order valence-corrected chi connectivity index (χ1v) is 11.3. The molecule has 1 aromatic heterocycles. The molecule has 0 fully saturated rings. The topological polar surface area (TPSA) is 72.8 Å². The maximum absolute atomic E-state index is 12.5. The number of hydrazone groups is 1. The Labute approximate surface area is 204 Å². The van der Waals surface area contributed by atoms with Crippen LogP contribution in [0, 0.1) is 0 Å². The second-order valence-corrected chi connectivity index (χ2v) is 8.40. The molecule has 0 bridgehead atoms. The Morgan fingerprint density at radius 3 is 2.64 bits per heavy atom. The molecule has 0 aliphatic heterocycles. The third kappa shape index (κ3) is 5.70. The highest BCUT2D eigenvalue weighted by atomic mass is 35.5. The number of aromatic nitrogens is 1. The van der Waals surface area contributed by atoms with E-state index in [1.807, 2.05) is 35.7 Å². The third-order valence-electron chi connectivity index (χ3n) is 4.49. The van der Waals surface area contributed by atoms with Gasteiger partial charge in [0.25, 0.3) is 0 Å². The summed E-state index contributed by atoms with van der Waals surface area (Å²) in [6.45, 7) is 0.